The molecule has 26 heavy (non-hydrogen) atoms. The molecule has 1 amide bonds. The van der Waals surface area contributed by atoms with Gasteiger partial charge in [-0.15, -0.1) is 0 Å². The molecule has 1 N–H and O–H groups in total. The number of ketones is 1. The molecule has 0 aliphatic rings. The molecule has 0 bridgehead atoms. The molecule has 0 saturated carbocycles. The highest BCUT2D eigenvalue weighted by molar-refractivity contribution is 6.10. The highest BCUT2D eigenvalue weighted by atomic mass is 19.1. The number of anilines is 1. The van der Waals surface area contributed by atoms with Gasteiger partial charge >= 0.3 is 0 Å². The van der Waals surface area contributed by atoms with Crippen molar-refractivity contribution in [3.8, 4) is 5.75 Å². The lowest BCUT2D eigenvalue weighted by atomic mass is 10.0. The number of amides is 1. The Morgan fingerprint density at radius 2 is 1.42 bits per heavy atom. The van der Waals surface area contributed by atoms with Crippen LogP contribution in [0.25, 0.3) is 0 Å². The predicted octanol–water partition coefficient (Wildman–Crippen LogP) is 4.32. The average Bonchev–Trinajstić information content (AvgIpc) is 2.68. The smallest absolute Gasteiger partial charge is 0.259 e. The van der Waals surface area contributed by atoms with Crippen LogP contribution in [0.2, 0.25) is 0 Å². The summed E-state index contributed by atoms with van der Waals surface area (Å²) in [5.74, 6) is -0.434. The lowest BCUT2D eigenvalue weighted by Crippen LogP contribution is -2.13. The minimum absolute atomic E-state index is 0.215. The van der Waals surface area contributed by atoms with Crippen molar-refractivity contribution in [1.82, 2.24) is 0 Å². The van der Waals surface area contributed by atoms with Gasteiger partial charge in [0.1, 0.15) is 11.6 Å². The highest BCUT2D eigenvalue weighted by Gasteiger charge is 2.13. The number of carbonyl (C=O) groups excluding carboxylic acids is 2. The zero-order chi connectivity index (χ0) is 18.5. The third-order valence-corrected chi connectivity index (χ3v) is 3.86. The maximum atomic E-state index is 13.0. The second kappa shape index (κ2) is 7.61. The van der Waals surface area contributed by atoms with Gasteiger partial charge < -0.3 is 10.1 Å². The van der Waals surface area contributed by atoms with E-state index >= 15 is 0 Å². The van der Waals surface area contributed by atoms with Gasteiger partial charge in [-0.25, -0.2) is 4.39 Å². The van der Waals surface area contributed by atoms with E-state index in [1.54, 1.807) is 48.5 Å². The van der Waals surface area contributed by atoms with Crippen LogP contribution in [-0.2, 0) is 0 Å². The molecule has 3 rings (SSSR count). The molecular weight excluding hydrogens is 333 g/mol. The SMILES string of the molecule is COc1ccccc1C(=O)Nc1ccc(C(=O)c2ccc(F)cc2)cc1. The van der Waals surface area contributed by atoms with E-state index in [-0.39, 0.29) is 11.7 Å². The van der Waals surface area contributed by atoms with Crippen molar-refractivity contribution in [2.45, 2.75) is 0 Å². The van der Waals surface area contributed by atoms with E-state index in [1.165, 1.54) is 31.4 Å². The minimum atomic E-state index is -0.393. The summed E-state index contributed by atoms with van der Waals surface area (Å²) in [5, 5.41) is 2.77. The Kier molecular flexibility index (Phi) is 5.08. The summed E-state index contributed by atoms with van der Waals surface area (Å²) in [4.78, 5) is 24.7. The Morgan fingerprint density at radius 1 is 0.846 bits per heavy atom. The van der Waals surface area contributed by atoms with Crippen molar-refractivity contribution in [3.63, 3.8) is 0 Å². The van der Waals surface area contributed by atoms with E-state index in [1.807, 2.05) is 0 Å². The van der Waals surface area contributed by atoms with Crippen LogP contribution in [0.1, 0.15) is 26.3 Å². The van der Waals surface area contributed by atoms with E-state index in [0.29, 0.717) is 28.1 Å². The number of methoxy groups -OCH3 is 1. The van der Waals surface area contributed by atoms with Crippen molar-refractivity contribution in [2.75, 3.05) is 12.4 Å². The Hall–Kier alpha value is -3.47. The number of nitrogens with one attached hydrogen (secondary N) is 1. The summed E-state index contributed by atoms with van der Waals surface area (Å²) in [6.45, 7) is 0. The number of para-hydroxylation sites is 1. The Labute approximate surface area is 150 Å². The molecule has 4 nitrogen and oxygen atoms in total. The van der Waals surface area contributed by atoms with Gasteiger partial charge in [-0.3, -0.25) is 9.59 Å². The van der Waals surface area contributed by atoms with Crippen LogP contribution in [0.15, 0.2) is 72.8 Å². The molecule has 3 aromatic rings. The fourth-order valence-corrected chi connectivity index (χ4v) is 2.50. The van der Waals surface area contributed by atoms with Crippen molar-refractivity contribution >= 4 is 17.4 Å². The number of halogens is 1. The lowest BCUT2D eigenvalue weighted by molar-refractivity contribution is 0.102. The lowest BCUT2D eigenvalue weighted by Gasteiger charge is -2.09. The third-order valence-electron chi connectivity index (χ3n) is 3.86. The average molecular weight is 349 g/mol. The highest BCUT2D eigenvalue weighted by Crippen LogP contribution is 2.20. The Morgan fingerprint density at radius 3 is 2.04 bits per heavy atom. The first-order chi connectivity index (χ1) is 12.6. The van der Waals surface area contributed by atoms with Gasteiger partial charge in [-0.2, -0.15) is 0 Å². The topological polar surface area (TPSA) is 55.4 Å². The van der Waals surface area contributed by atoms with Crippen molar-refractivity contribution < 1.29 is 18.7 Å². The number of rotatable bonds is 5. The summed E-state index contributed by atoms with van der Waals surface area (Å²) in [6, 6.07) is 18.8. The number of carbonyl (C=O) groups is 2. The molecule has 0 heterocycles. The molecule has 3 aromatic carbocycles. The molecule has 0 spiro atoms. The van der Waals surface area contributed by atoms with Gasteiger partial charge in [0, 0.05) is 16.8 Å². The van der Waals surface area contributed by atoms with Crippen LogP contribution in [0.4, 0.5) is 10.1 Å². The number of hydrogen-bond acceptors (Lipinski definition) is 3. The maximum Gasteiger partial charge on any atom is 0.259 e. The quantitative estimate of drug-likeness (QED) is 0.698. The van der Waals surface area contributed by atoms with E-state index in [0.717, 1.165) is 0 Å². The normalized spacial score (nSPS) is 10.2. The van der Waals surface area contributed by atoms with Crippen molar-refractivity contribution in [1.29, 1.82) is 0 Å². The molecule has 0 aromatic heterocycles. The summed E-state index contributed by atoms with van der Waals surface area (Å²) >= 11 is 0. The van der Waals surface area contributed by atoms with Gasteiger partial charge in [0.05, 0.1) is 12.7 Å². The zero-order valence-corrected chi connectivity index (χ0v) is 14.0. The van der Waals surface area contributed by atoms with Gasteiger partial charge in [-0.1, -0.05) is 12.1 Å². The molecule has 0 aliphatic heterocycles. The summed E-state index contributed by atoms with van der Waals surface area (Å²) in [5.41, 5.74) is 1.82. The first-order valence-corrected chi connectivity index (χ1v) is 7.93. The molecular formula is C21H16FNO3. The van der Waals surface area contributed by atoms with Crippen LogP contribution in [0.3, 0.4) is 0 Å². The van der Waals surface area contributed by atoms with E-state index in [4.69, 9.17) is 4.74 Å². The maximum absolute atomic E-state index is 13.0. The largest absolute Gasteiger partial charge is 0.496 e. The van der Waals surface area contributed by atoms with Gasteiger partial charge in [0.2, 0.25) is 0 Å². The third kappa shape index (κ3) is 3.78. The molecule has 0 saturated heterocycles. The first kappa shape index (κ1) is 17.4. The van der Waals surface area contributed by atoms with Crippen LogP contribution < -0.4 is 10.1 Å². The number of ether oxygens (including phenoxy) is 1. The van der Waals surface area contributed by atoms with E-state index in [2.05, 4.69) is 5.32 Å². The molecule has 0 unspecified atom stereocenters. The fourth-order valence-electron chi connectivity index (χ4n) is 2.50. The molecule has 0 fully saturated rings. The van der Waals surface area contributed by atoms with Crippen molar-refractivity contribution in [2.24, 2.45) is 0 Å². The minimum Gasteiger partial charge on any atom is -0.496 e. The molecule has 130 valence electrons. The molecule has 5 heteroatoms. The molecule has 0 radical (unpaired) electrons. The standard InChI is InChI=1S/C21H16FNO3/c1-26-19-5-3-2-4-18(19)21(25)23-17-12-8-15(9-13-17)20(24)14-6-10-16(22)11-7-14/h2-13H,1H3,(H,23,25). The summed E-state index contributed by atoms with van der Waals surface area (Å²) in [6.07, 6.45) is 0. The second-order valence-corrected chi connectivity index (χ2v) is 5.57. The van der Waals surface area contributed by atoms with Crippen LogP contribution in [0, 0.1) is 5.82 Å². The van der Waals surface area contributed by atoms with Crippen LogP contribution >= 0.6 is 0 Å². The summed E-state index contributed by atoms with van der Waals surface area (Å²) < 4.78 is 18.1. The Bertz CT molecular complexity index is 934. The van der Waals surface area contributed by atoms with Gasteiger partial charge in [0.15, 0.2) is 5.78 Å². The zero-order valence-electron chi connectivity index (χ0n) is 14.0. The van der Waals surface area contributed by atoms with Gasteiger partial charge in [-0.05, 0) is 60.7 Å². The summed E-state index contributed by atoms with van der Waals surface area (Å²) in [7, 11) is 1.50. The molecule has 0 atom stereocenters. The van der Waals surface area contributed by atoms with Gasteiger partial charge in [0.25, 0.3) is 5.91 Å². The predicted molar refractivity (Wildman–Crippen MR) is 97.2 cm³/mol. The monoisotopic (exact) mass is 349 g/mol. The van der Waals surface area contributed by atoms with Crippen LogP contribution in [0.5, 0.6) is 5.75 Å². The molecule has 0 aliphatic carbocycles. The first-order valence-electron chi connectivity index (χ1n) is 7.93. The van der Waals surface area contributed by atoms with Crippen LogP contribution in [-0.4, -0.2) is 18.8 Å². The fraction of sp³-hybridized carbons (Fsp3) is 0.0476. The number of hydrogen-bond donors (Lipinski definition) is 1. The van der Waals surface area contributed by atoms with Crippen molar-refractivity contribution in [3.05, 3.63) is 95.3 Å². The number of benzene rings is 3. The van der Waals surface area contributed by atoms with E-state index in [9.17, 15) is 14.0 Å². The Balaban J connectivity index is 1.74. The second-order valence-electron chi connectivity index (χ2n) is 5.57. The van der Waals surface area contributed by atoms with E-state index < -0.39 is 5.82 Å².